The van der Waals surface area contributed by atoms with Gasteiger partial charge in [-0.05, 0) is 37.4 Å². The highest BCUT2D eigenvalue weighted by Crippen LogP contribution is 2.26. The molecule has 4 nitrogen and oxygen atoms in total. The lowest BCUT2D eigenvalue weighted by atomic mass is 9.95. The van der Waals surface area contributed by atoms with Crippen LogP contribution in [0.1, 0.15) is 25.5 Å². The number of likely N-dealkylation sites (tertiary alicyclic amines) is 1. The van der Waals surface area contributed by atoms with E-state index in [1.165, 1.54) is 25.1 Å². The van der Waals surface area contributed by atoms with Crippen LogP contribution in [0.5, 0.6) is 0 Å². The van der Waals surface area contributed by atoms with Crippen molar-refractivity contribution in [3.8, 4) is 0 Å². The van der Waals surface area contributed by atoms with E-state index in [9.17, 15) is 0 Å². The lowest BCUT2D eigenvalue weighted by Gasteiger charge is -2.30. The minimum atomic E-state index is 0.580. The van der Waals surface area contributed by atoms with Crippen LogP contribution in [0, 0.1) is 5.92 Å². The summed E-state index contributed by atoms with van der Waals surface area (Å²) < 4.78 is 0. The predicted molar refractivity (Wildman–Crippen MR) is 71.8 cm³/mol. The molecule has 2 aliphatic heterocycles. The largest absolute Gasteiger partial charge is 0.293 e. The van der Waals surface area contributed by atoms with Crippen molar-refractivity contribution in [3.05, 3.63) is 30.1 Å². The van der Waals surface area contributed by atoms with Gasteiger partial charge in [0.25, 0.3) is 0 Å². The van der Waals surface area contributed by atoms with E-state index in [1.807, 2.05) is 12.3 Å². The molecule has 2 N–H and O–H groups in total. The van der Waals surface area contributed by atoms with Crippen LogP contribution in [0.3, 0.4) is 0 Å². The smallest absolute Gasteiger partial charge is 0.0544 e. The van der Waals surface area contributed by atoms with Crippen molar-refractivity contribution in [2.75, 3.05) is 13.1 Å². The van der Waals surface area contributed by atoms with Gasteiger partial charge in [-0.15, -0.1) is 0 Å². The Morgan fingerprint density at radius 1 is 1.44 bits per heavy atom. The highest BCUT2D eigenvalue weighted by Gasteiger charge is 2.36. The van der Waals surface area contributed by atoms with Crippen molar-refractivity contribution in [1.82, 2.24) is 20.7 Å². The molecule has 4 heteroatoms. The van der Waals surface area contributed by atoms with Gasteiger partial charge in [-0.1, -0.05) is 13.0 Å². The summed E-state index contributed by atoms with van der Waals surface area (Å²) in [5, 5.41) is 0. The van der Waals surface area contributed by atoms with Crippen molar-refractivity contribution >= 4 is 0 Å². The SMILES string of the molecule is CC1CNNC1C1CCCN1Cc1ccccn1. The van der Waals surface area contributed by atoms with Gasteiger partial charge in [0.05, 0.1) is 5.69 Å². The predicted octanol–water partition coefficient (Wildman–Crippen LogP) is 1.16. The van der Waals surface area contributed by atoms with Crippen LogP contribution in [0.15, 0.2) is 24.4 Å². The van der Waals surface area contributed by atoms with Gasteiger partial charge in [0.1, 0.15) is 0 Å². The maximum absolute atomic E-state index is 4.44. The van der Waals surface area contributed by atoms with Gasteiger partial charge < -0.3 is 0 Å². The number of hydrogen-bond donors (Lipinski definition) is 2. The van der Waals surface area contributed by atoms with Gasteiger partial charge in [0.15, 0.2) is 0 Å². The van der Waals surface area contributed by atoms with E-state index in [0.29, 0.717) is 18.0 Å². The van der Waals surface area contributed by atoms with Gasteiger partial charge >= 0.3 is 0 Å². The second kappa shape index (κ2) is 5.34. The van der Waals surface area contributed by atoms with E-state index in [4.69, 9.17) is 0 Å². The Morgan fingerprint density at radius 2 is 2.39 bits per heavy atom. The molecule has 0 aromatic carbocycles. The quantitative estimate of drug-likeness (QED) is 0.839. The van der Waals surface area contributed by atoms with E-state index in [2.05, 4.69) is 39.8 Å². The van der Waals surface area contributed by atoms with Gasteiger partial charge in [-0.3, -0.25) is 20.7 Å². The molecular weight excluding hydrogens is 224 g/mol. The molecule has 98 valence electrons. The Balaban J connectivity index is 1.68. The normalized spacial score (nSPS) is 33.1. The molecule has 2 fully saturated rings. The van der Waals surface area contributed by atoms with E-state index in [1.54, 1.807) is 0 Å². The molecule has 3 atom stereocenters. The van der Waals surface area contributed by atoms with E-state index >= 15 is 0 Å². The van der Waals surface area contributed by atoms with Crippen LogP contribution >= 0.6 is 0 Å². The zero-order valence-corrected chi connectivity index (χ0v) is 11.0. The van der Waals surface area contributed by atoms with Crippen LogP contribution in [0.4, 0.5) is 0 Å². The Kier molecular flexibility index (Phi) is 3.59. The number of hydrogen-bond acceptors (Lipinski definition) is 4. The van der Waals surface area contributed by atoms with Crippen LogP contribution < -0.4 is 10.9 Å². The van der Waals surface area contributed by atoms with Crippen molar-refractivity contribution in [2.24, 2.45) is 5.92 Å². The first-order valence-electron chi connectivity index (χ1n) is 6.97. The molecule has 0 radical (unpaired) electrons. The standard InChI is InChI=1S/C14H22N4/c1-11-9-16-17-14(11)13-6-4-8-18(13)10-12-5-2-3-7-15-12/h2-3,5,7,11,13-14,16-17H,4,6,8-10H2,1H3. The summed E-state index contributed by atoms with van der Waals surface area (Å²) in [6, 6.07) is 7.41. The molecule has 0 saturated carbocycles. The van der Waals surface area contributed by atoms with Crippen LogP contribution in [-0.4, -0.2) is 35.1 Å². The molecule has 2 aliphatic rings. The van der Waals surface area contributed by atoms with Crippen molar-refractivity contribution in [3.63, 3.8) is 0 Å². The van der Waals surface area contributed by atoms with E-state index < -0.39 is 0 Å². The Bertz CT molecular complexity index is 381. The maximum Gasteiger partial charge on any atom is 0.0544 e. The lowest BCUT2D eigenvalue weighted by Crippen LogP contribution is -2.47. The van der Waals surface area contributed by atoms with Crippen molar-refractivity contribution in [1.29, 1.82) is 0 Å². The zero-order chi connectivity index (χ0) is 12.4. The first kappa shape index (κ1) is 12.1. The highest BCUT2D eigenvalue weighted by atomic mass is 15.4. The molecule has 1 aromatic rings. The molecule has 0 bridgehead atoms. The minimum absolute atomic E-state index is 0.580. The fourth-order valence-corrected chi connectivity index (χ4v) is 3.24. The first-order chi connectivity index (χ1) is 8.84. The summed E-state index contributed by atoms with van der Waals surface area (Å²) in [6.07, 6.45) is 4.50. The zero-order valence-electron chi connectivity index (χ0n) is 11.0. The molecule has 3 unspecified atom stereocenters. The Labute approximate surface area is 109 Å². The fraction of sp³-hybridized carbons (Fsp3) is 0.643. The van der Waals surface area contributed by atoms with Crippen molar-refractivity contribution in [2.45, 2.75) is 38.4 Å². The minimum Gasteiger partial charge on any atom is -0.293 e. The van der Waals surface area contributed by atoms with Crippen LogP contribution in [0.2, 0.25) is 0 Å². The molecule has 2 saturated heterocycles. The molecule has 3 rings (SSSR count). The third-order valence-corrected chi connectivity index (χ3v) is 4.23. The second-order valence-corrected chi connectivity index (χ2v) is 5.53. The molecule has 0 amide bonds. The van der Waals surface area contributed by atoms with Gasteiger partial charge in [0, 0.05) is 31.4 Å². The highest BCUT2D eigenvalue weighted by molar-refractivity contribution is 5.05. The monoisotopic (exact) mass is 246 g/mol. The van der Waals surface area contributed by atoms with Crippen molar-refractivity contribution < 1.29 is 0 Å². The number of aromatic nitrogens is 1. The van der Waals surface area contributed by atoms with Crippen LogP contribution in [0.25, 0.3) is 0 Å². The Hall–Kier alpha value is -0.970. The number of rotatable bonds is 3. The summed E-state index contributed by atoms with van der Waals surface area (Å²) in [4.78, 5) is 7.03. The molecule has 18 heavy (non-hydrogen) atoms. The van der Waals surface area contributed by atoms with Gasteiger partial charge in [-0.2, -0.15) is 0 Å². The number of pyridine rings is 1. The average Bonchev–Trinajstić information content (AvgIpc) is 2.99. The topological polar surface area (TPSA) is 40.2 Å². The third kappa shape index (κ3) is 2.41. The van der Waals surface area contributed by atoms with E-state index in [0.717, 1.165) is 13.1 Å². The molecule has 0 aliphatic carbocycles. The van der Waals surface area contributed by atoms with Gasteiger partial charge in [-0.25, -0.2) is 0 Å². The maximum atomic E-state index is 4.44. The molecule has 0 spiro atoms. The van der Waals surface area contributed by atoms with E-state index in [-0.39, 0.29) is 0 Å². The van der Waals surface area contributed by atoms with Crippen LogP contribution in [-0.2, 0) is 6.54 Å². The number of nitrogens with one attached hydrogen (secondary N) is 2. The Morgan fingerprint density at radius 3 is 3.11 bits per heavy atom. The summed E-state index contributed by atoms with van der Waals surface area (Å²) in [7, 11) is 0. The fourth-order valence-electron chi connectivity index (χ4n) is 3.24. The molecular formula is C14H22N4. The lowest BCUT2D eigenvalue weighted by molar-refractivity contribution is 0.185. The third-order valence-electron chi connectivity index (χ3n) is 4.23. The number of nitrogens with zero attached hydrogens (tertiary/aromatic N) is 2. The molecule has 3 heterocycles. The summed E-state index contributed by atoms with van der Waals surface area (Å²) in [6.45, 7) is 5.59. The average molecular weight is 246 g/mol. The summed E-state index contributed by atoms with van der Waals surface area (Å²) >= 11 is 0. The molecule has 1 aromatic heterocycles. The summed E-state index contributed by atoms with van der Waals surface area (Å²) in [5.41, 5.74) is 7.93. The number of hydrazine groups is 1. The summed E-state index contributed by atoms with van der Waals surface area (Å²) in [5.74, 6) is 0.708. The van der Waals surface area contributed by atoms with Gasteiger partial charge in [0.2, 0.25) is 0 Å². The first-order valence-corrected chi connectivity index (χ1v) is 6.97. The second-order valence-electron chi connectivity index (χ2n) is 5.53.